The van der Waals surface area contributed by atoms with Crippen molar-refractivity contribution in [3.63, 3.8) is 0 Å². The molecule has 7 nitrogen and oxygen atoms in total. The number of carbonyl (C=O) groups excluding carboxylic acids is 1. The first-order chi connectivity index (χ1) is 17.4. The Morgan fingerprint density at radius 2 is 1.72 bits per heavy atom. The van der Waals surface area contributed by atoms with Crippen LogP contribution >= 0.6 is 0 Å². The summed E-state index contributed by atoms with van der Waals surface area (Å²) in [6.45, 7) is 3.47. The first kappa shape index (κ1) is 24.7. The summed E-state index contributed by atoms with van der Waals surface area (Å²) >= 11 is 0. The average molecular weight is 489 g/mol. The van der Waals surface area contributed by atoms with Crippen molar-refractivity contribution in [2.24, 2.45) is 0 Å². The number of halogens is 1. The number of anilines is 2. The maximum Gasteiger partial charge on any atom is 0.419 e. The van der Waals surface area contributed by atoms with Crippen LogP contribution in [-0.2, 0) is 22.4 Å². The highest BCUT2D eigenvalue weighted by atomic mass is 19.1. The van der Waals surface area contributed by atoms with E-state index >= 15 is 0 Å². The number of ether oxygens (including phenoxy) is 1. The van der Waals surface area contributed by atoms with Gasteiger partial charge in [-0.1, -0.05) is 65.8 Å². The number of aliphatic carboxylic acids is 1. The predicted octanol–water partition coefficient (Wildman–Crippen LogP) is 6.30. The molecular formula is C28H25FN2O5. The van der Waals surface area contributed by atoms with Crippen molar-refractivity contribution in [1.29, 1.82) is 0 Å². The number of nitrogens with zero attached hydrogens (tertiary/aromatic N) is 2. The first-order valence-electron chi connectivity index (χ1n) is 11.4. The van der Waals surface area contributed by atoms with E-state index in [2.05, 4.69) is 5.16 Å². The highest BCUT2D eigenvalue weighted by molar-refractivity contribution is 6.00. The predicted molar refractivity (Wildman–Crippen MR) is 133 cm³/mol. The molecule has 1 heterocycles. The third-order valence-corrected chi connectivity index (χ3v) is 5.57. The van der Waals surface area contributed by atoms with Crippen LogP contribution in [0.2, 0.25) is 0 Å². The summed E-state index contributed by atoms with van der Waals surface area (Å²) in [5.41, 5.74) is 4.12. The number of carboxylic acids is 1. The van der Waals surface area contributed by atoms with Crippen molar-refractivity contribution in [2.45, 2.75) is 26.7 Å². The third-order valence-electron chi connectivity index (χ3n) is 5.57. The summed E-state index contributed by atoms with van der Waals surface area (Å²) in [5, 5.41) is 13.1. The largest absolute Gasteiger partial charge is 0.481 e. The van der Waals surface area contributed by atoms with Gasteiger partial charge in [0.1, 0.15) is 17.2 Å². The lowest BCUT2D eigenvalue weighted by atomic mass is 10.00. The Kier molecular flexibility index (Phi) is 7.44. The van der Waals surface area contributed by atoms with Crippen LogP contribution in [0.3, 0.4) is 0 Å². The van der Waals surface area contributed by atoms with Crippen LogP contribution in [0, 0.1) is 12.7 Å². The molecule has 36 heavy (non-hydrogen) atoms. The Labute approximate surface area is 207 Å². The van der Waals surface area contributed by atoms with Gasteiger partial charge in [-0.3, -0.25) is 4.79 Å². The van der Waals surface area contributed by atoms with E-state index in [1.54, 1.807) is 32.0 Å². The minimum absolute atomic E-state index is 0.0284. The van der Waals surface area contributed by atoms with E-state index in [1.165, 1.54) is 12.1 Å². The van der Waals surface area contributed by atoms with Crippen molar-refractivity contribution in [3.8, 4) is 11.3 Å². The van der Waals surface area contributed by atoms with E-state index < -0.39 is 17.9 Å². The number of carboxylic acid groups (broad SMARTS) is 1. The second-order valence-corrected chi connectivity index (χ2v) is 8.20. The molecule has 1 amide bonds. The summed E-state index contributed by atoms with van der Waals surface area (Å²) in [7, 11) is 0. The Morgan fingerprint density at radius 3 is 2.42 bits per heavy atom. The molecule has 0 aliphatic heterocycles. The molecule has 3 aromatic carbocycles. The zero-order valence-electron chi connectivity index (χ0n) is 19.9. The minimum Gasteiger partial charge on any atom is -0.481 e. The van der Waals surface area contributed by atoms with Gasteiger partial charge in [0, 0.05) is 5.56 Å². The van der Waals surface area contributed by atoms with Gasteiger partial charge in [0.25, 0.3) is 0 Å². The second-order valence-electron chi connectivity index (χ2n) is 8.20. The Bertz CT molecular complexity index is 1380. The maximum absolute atomic E-state index is 14.7. The highest BCUT2D eigenvalue weighted by Crippen LogP contribution is 2.39. The van der Waals surface area contributed by atoms with Crippen LogP contribution in [0.1, 0.15) is 29.3 Å². The highest BCUT2D eigenvalue weighted by Gasteiger charge is 2.30. The van der Waals surface area contributed by atoms with E-state index in [-0.39, 0.29) is 18.7 Å². The van der Waals surface area contributed by atoms with Crippen LogP contribution in [-0.4, -0.2) is 28.9 Å². The summed E-state index contributed by atoms with van der Waals surface area (Å²) < 4.78 is 25.5. The lowest BCUT2D eigenvalue weighted by molar-refractivity contribution is -0.136. The molecule has 0 aliphatic carbocycles. The van der Waals surface area contributed by atoms with Gasteiger partial charge in [-0.05, 0) is 49.1 Å². The van der Waals surface area contributed by atoms with E-state index in [1.807, 2.05) is 42.5 Å². The standard InChI is InChI=1S/C28H25FN2O5/c1-3-35-28(34)31(24-10-5-4-9-23(24)29)26-18(2)30-36-27(26)22-13-11-19(12-14-22)15-20-7-6-8-21(16-20)17-25(32)33/h4-14,16H,3,15,17H2,1-2H3,(H,32,33). The molecule has 0 bridgehead atoms. The first-order valence-corrected chi connectivity index (χ1v) is 11.4. The SMILES string of the molecule is CCOC(=O)N(c1ccccc1F)c1c(C)noc1-c1ccc(Cc2cccc(CC(=O)O)c2)cc1. The van der Waals surface area contributed by atoms with Crippen LogP contribution < -0.4 is 4.90 Å². The second kappa shape index (κ2) is 10.9. The number of benzene rings is 3. The molecular weight excluding hydrogens is 463 g/mol. The minimum atomic E-state index is -0.873. The van der Waals surface area contributed by atoms with E-state index in [4.69, 9.17) is 14.4 Å². The van der Waals surface area contributed by atoms with Crippen LogP contribution in [0.5, 0.6) is 0 Å². The van der Waals surface area contributed by atoms with Gasteiger partial charge >= 0.3 is 12.1 Å². The summed E-state index contributed by atoms with van der Waals surface area (Å²) in [6, 6.07) is 20.9. The maximum atomic E-state index is 14.7. The fourth-order valence-electron chi connectivity index (χ4n) is 3.98. The summed E-state index contributed by atoms with van der Waals surface area (Å²) in [4.78, 5) is 25.1. The molecule has 0 fully saturated rings. The van der Waals surface area contributed by atoms with E-state index in [0.29, 0.717) is 29.1 Å². The fourth-order valence-corrected chi connectivity index (χ4v) is 3.98. The third kappa shape index (κ3) is 5.43. The number of aryl methyl sites for hydroxylation is 1. The lowest BCUT2D eigenvalue weighted by Gasteiger charge is -2.22. The Morgan fingerprint density at radius 1 is 1.00 bits per heavy atom. The topological polar surface area (TPSA) is 92.9 Å². The zero-order chi connectivity index (χ0) is 25.7. The lowest BCUT2D eigenvalue weighted by Crippen LogP contribution is -2.28. The van der Waals surface area contributed by atoms with Gasteiger partial charge in [-0.15, -0.1) is 0 Å². The molecule has 4 rings (SSSR count). The molecule has 184 valence electrons. The van der Waals surface area contributed by atoms with Crippen LogP contribution in [0.25, 0.3) is 11.3 Å². The van der Waals surface area contributed by atoms with Gasteiger partial charge in [0.15, 0.2) is 5.76 Å². The molecule has 4 aromatic rings. The van der Waals surface area contributed by atoms with Crippen molar-refractivity contribution in [2.75, 3.05) is 11.5 Å². The number of rotatable bonds is 8. The van der Waals surface area contributed by atoms with Gasteiger partial charge in [0.2, 0.25) is 0 Å². The molecule has 0 unspecified atom stereocenters. The smallest absolute Gasteiger partial charge is 0.419 e. The van der Waals surface area contributed by atoms with Gasteiger partial charge in [-0.25, -0.2) is 14.1 Å². The van der Waals surface area contributed by atoms with Crippen LogP contribution in [0.15, 0.2) is 77.3 Å². The number of hydrogen-bond donors (Lipinski definition) is 1. The van der Waals surface area contributed by atoms with Gasteiger partial charge < -0.3 is 14.4 Å². The number of amides is 1. The van der Waals surface area contributed by atoms with Crippen molar-refractivity contribution >= 4 is 23.4 Å². The molecule has 0 saturated carbocycles. The number of hydrogen-bond acceptors (Lipinski definition) is 5. The van der Waals surface area contributed by atoms with Gasteiger partial charge in [-0.2, -0.15) is 0 Å². The van der Waals surface area contributed by atoms with E-state index in [0.717, 1.165) is 21.6 Å². The van der Waals surface area contributed by atoms with Crippen LogP contribution in [0.4, 0.5) is 20.6 Å². The van der Waals surface area contributed by atoms with Gasteiger partial charge in [0.05, 0.1) is 18.7 Å². The van der Waals surface area contributed by atoms with Crippen molar-refractivity contribution in [1.82, 2.24) is 5.16 Å². The molecule has 0 spiro atoms. The summed E-state index contributed by atoms with van der Waals surface area (Å²) in [5.74, 6) is -1.15. The monoisotopic (exact) mass is 488 g/mol. The molecule has 0 atom stereocenters. The normalized spacial score (nSPS) is 10.8. The Hall–Kier alpha value is -4.46. The molecule has 8 heteroatoms. The van der Waals surface area contributed by atoms with Crippen molar-refractivity contribution in [3.05, 3.63) is 101 Å². The summed E-state index contributed by atoms with van der Waals surface area (Å²) in [6.07, 6.45) is -0.160. The number of carbonyl (C=O) groups is 2. The molecule has 0 aliphatic rings. The molecule has 0 radical (unpaired) electrons. The quantitative estimate of drug-likeness (QED) is 0.313. The van der Waals surface area contributed by atoms with E-state index in [9.17, 15) is 14.0 Å². The van der Waals surface area contributed by atoms with Crippen molar-refractivity contribution < 1.29 is 28.3 Å². The zero-order valence-corrected chi connectivity index (χ0v) is 19.9. The molecule has 1 aromatic heterocycles. The molecule has 1 N–H and O–H groups in total. The molecule has 0 saturated heterocycles. The fraction of sp³-hybridized carbons (Fsp3) is 0.179. The number of aromatic nitrogens is 1. The Balaban J connectivity index is 1.66. The average Bonchev–Trinajstić information content (AvgIpc) is 3.22. The number of para-hydroxylation sites is 1.